The van der Waals surface area contributed by atoms with Gasteiger partial charge in [0.25, 0.3) is 5.91 Å². The van der Waals surface area contributed by atoms with Crippen LogP contribution in [0.3, 0.4) is 0 Å². The molecule has 1 unspecified atom stereocenters. The van der Waals surface area contributed by atoms with Crippen LogP contribution in [0.4, 0.5) is 0 Å². The SMILES string of the molecule is O=C(c1cccc(-c2ccoc2)c1)N1CCCC(O)C1. The average Bonchev–Trinajstić information content (AvgIpc) is 3.01. The van der Waals surface area contributed by atoms with Crippen LogP contribution < -0.4 is 0 Å². The van der Waals surface area contributed by atoms with Crippen molar-refractivity contribution in [1.82, 2.24) is 4.90 Å². The fraction of sp³-hybridized carbons (Fsp3) is 0.312. The van der Waals surface area contributed by atoms with E-state index in [1.165, 1.54) is 0 Å². The summed E-state index contributed by atoms with van der Waals surface area (Å²) in [7, 11) is 0. The number of aliphatic hydroxyl groups excluding tert-OH is 1. The van der Waals surface area contributed by atoms with E-state index in [0.29, 0.717) is 18.7 Å². The van der Waals surface area contributed by atoms with Crippen LogP contribution in [0, 0.1) is 0 Å². The predicted octanol–water partition coefficient (Wildman–Crippen LogP) is 2.54. The van der Waals surface area contributed by atoms with Gasteiger partial charge in [-0.1, -0.05) is 12.1 Å². The first-order valence-corrected chi connectivity index (χ1v) is 6.84. The van der Waals surface area contributed by atoms with E-state index in [0.717, 1.165) is 24.0 Å². The van der Waals surface area contributed by atoms with E-state index >= 15 is 0 Å². The summed E-state index contributed by atoms with van der Waals surface area (Å²) in [4.78, 5) is 14.2. The van der Waals surface area contributed by atoms with Gasteiger partial charge in [-0.25, -0.2) is 0 Å². The van der Waals surface area contributed by atoms with E-state index in [1.807, 2.05) is 30.3 Å². The van der Waals surface area contributed by atoms with Gasteiger partial charge in [-0.15, -0.1) is 0 Å². The van der Waals surface area contributed by atoms with Crippen molar-refractivity contribution >= 4 is 5.91 Å². The van der Waals surface area contributed by atoms with E-state index in [1.54, 1.807) is 17.4 Å². The summed E-state index contributed by atoms with van der Waals surface area (Å²) in [6.45, 7) is 1.14. The van der Waals surface area contributed by atoms with Crippen LogP contribution >= 0.6 is 0 Å². The first-order valence-electron chi connectivity index (χ1n) is 6.84. The fourth-order valence-corrected chi connectivity index (χ4v) is 2.58. The lowest BCUT2D eigenvalue weighted by molar-refractivity contribution is 0.0474. The molecular weight excluding hydrogens is 254 g/mol. The third-order valence-corrected chi connectivity index (χ3v) is 3.65. The fourth-order valence-electron chi connectivity index (χ4n) is 2.58. The van der Waals surface area contributed by atoms with Gasteiger partial charge in [0.05, 0.1) is 18.6 Å². The lowest BCUT2D eigenvalue weighted by Gasteiger charge is -2.30. The maximum Gasteiger partial charge on any atom is 0.253 e. The molecule has 1 aromatic carbocycles. The van der Waals surface area contributed by atoms with Crippen LogP contribution in [0.25, 0.3) is 11.1 Å². The smallest absolute Gasteiger partial charge is 0.253 e. The number of likely N-dealkylation sites (tertiary alicyclic amines) is 1. The highest BCUT2D eigenvalue weighted by atomic mass is 16.3. The second-order valence-corrected chi connectivity index (χ2v) is 5.14. The number of amides is 1. The topological polar surface area (TPSA) is 53.7 Å². The molecule has 104 valence electrons. The molecule has 0 bridgehead atoms. The van der Waals surface area contributed by atoms with Crippen LogP contribution in [0.15, 0.2) is 47.3 Å². The van der Waals surface area contributed by atoms with Crippen molar-refractivity contribution in [1.29, 1.82) is 0 Å². The third kappa shape index (κ3) is 2.60. The predicted molar refractivity (Wildman–Crippen MR) is 75.3 cm³/mol. The Kier molecular flexibility index (Phi) is 3.56. The molecule has 2 aromatic rings. The lowest BCUT2D eigenvalue weighted by atomic mass is 10.0. The maximum atomic E-state index is 12.5. The zero-order valence-electron chi connectivity index (χ0n) is 11.2. The molecule has 1 amide bonds. The molecule has 1 atom stereocenters. The molecule has 0 radical (unpaired) electrons. The number of aliphatic hydroxyl groups is 1. The Bertz CT molecular complexity index is 592. The third-order valence-electron chi connectivity index (χ3n) is 3.65. The van der Waals surface area contributed by atoms with Crippen LogP contribution in [0.2, 0.25) is 0 Å². The second-order valence-electron chi connectivity index (χ2n) is 5.14. The van der Waals surface area contributed by atoms with Crippen molar-refractivity contribution in [3.8, 4) is 11.1 Å². The van der Waals surface area contributed by atoms with Crippen molar-refractivity contribution in [3.63, 3.8) is 0 Å². The molecule has 3 rings (SSSR count). The highest BCUT2D eigenvalue weighted by Gasteiger charge is 2.23. The van der Waals surface area contributed by atoms with Gasteiger partial charge in [-0.2, -0.15) is 0 Å². The molecule has 1 aliphatic rings. The summed E-state index contributed by atoms with van der Waals surface area (Å²) >= 11 is 0. The summed E-state index contributed by atoms with van der Waals surface area (Å²) in [6.07, 6.45) is 4.51. The van der Waals surface area contributed by atoms with E-state index in [2.05, 4.69) is 0 Å². The van der Waals surface area contributed by atoms with E-state index in [4.69, 9.17) is 4.42 Å². The second kappa shape index (κ2) is 5.51. The van der Waals surface area contributed by atoms with Crippen LogP contribution in [-0.2, 0) is 0 Å². The molecule has 0 aliphatic carbocycles. The van der Waals surface area contributed by atoms with Gasteiger partial charge < -0.3 is 14.4 Å². The van der Waals surface area contributed by atoms with Crippen molar-refractivity contribution in [2.45, 2.75) is 18.9 Å². The van der Waals surface area contributed by atoms with Crippen molar-refractivity contribution in [2.75, 3.05) is 13.1 Å². The Morgan fingerprint density at radius 3 is 2.95 bits per heavy atom. The number of piperidine rings is 1. The number of benzene rings is 1. The van der Waals surface area contributed by atoms with Gasteiger partial charge >= 0.3 is 0 Å². The molecule has 2 heterocycles. The summed E-state index contributed by atoms with van der Waals surface area (Å²) in [6, 6.07) is 9.37. The number of hydrogen-bond donors (Lipinski definition) is 1. The summed E-state index contributed by atoms with van der Waals surface area (Å²) < 4.78 is 5.07. The Morgan fingerprint density at radius 1 is 1.30 bits per heavy atom. The van der Waals surface area contributed by atoms with Gasteiger partial charge in [-0.05, 0) is 36.6 Å². The summed E-state index contributed by atoms with van der Waals surface area (Å²) in [5.41, 5.74) is 2.57. The van der Waals surface area contributed by atoms with Gasteiger partial charge in [0.15, 0.2) is 0 Å². The number of carbonyl (C=O) groups excluding carboxylic acids is 1. The average molecular weight is 271 g/mol. The van der Waals surface area contributed by atoms with Gasteiger partial charge in [0.1, 0.15) is 0 Å². The van der Waals surface area contributed by atoms with Crippen molar-refractivity contribution in [2.24, 2.45) is 0 Å². The molecule has 1 aliphatic heterocycles. The normalized spacial score (nSPS) is 19.1. The highest BCUT2D eigenvalue weighted by molar-refractivity contribution is 5.95. The van der Waals surface area contributed by atoms with E-state index in [-0.39, 0.29) is 5.91 Å². The summed E-state index contributed by atoms with van der Waals surface area (Å²) in [5, 5.41) is 9.67. The maximum absolute atomic E-state index is 12.5. The molecule has 1 fully saturated rings. The van der Waals surface area contributed by atoms with E-state index < -0.39 is 6.10 Å². The number of nitrogens with zero attached hydrogens (tertiary/aromatic N) is 1. The highest BCUT2D eigenvalue weighted by Crippen LogP contribution is 2.22. The van der Waals surface area contributed by atoms with Crippen molar-refractivity contribution in [3.05, 3.63) is 48.4 Å². The Balaban J connectivity index is 1.83. The van der Waals surface area contributed by atoms with Gasteiger partial charge in [0, 0.05) is 24.2 Å². The molecule has 4 nitrogen and oxygen atoms in total. The zero-order chi connectivity index (χ0) is 13.9. The number of β-amino-alcohol motifs (C(OH)–C–C–N with tert-alkyl or cyclic N) is 1. The van der Waals surface area contributed by atoms with Crippen LogP contribution in [-0.4, -0.2) is 35.1 Å². The van der Waals surface area contributed by atoms with Crippen molar-refractivity contribution < 1.29 is 14.3 Å². The monoisotopic (exact) mass is 271 g/mol. The molecule has 1 N–H and O–H groups in total. The Labute approximate surface area is 117 Å². The number of hydrogen-bond acceptors (Lipinski definition) is 3. The van der Waals surface area contributed by atoms with Crippen LogP contribution in [0.5, 0.6) is 0 Å². The minimum absolute atomic E-state index is 0.0194. The summed E-state index contributed by atoms with van der Waals surface area (Å²) in [5.74, 6) is -0.0194. The molecule has 0 spiro atoms. The molecule has 1 saturated heterocycles. The quantitative estimate of drug-likeness (QED) is 0.913. The molecule has 1 aromatic heterocycles. The number of furan rings is 1. The zero-order valence-corrected chi connectivity index (χ0v) is 11.2. The number of rotatable bonds is 2. The molecular formula is C16H17NO3. The molecule has 20 heavy (non-hydrogen) atoms. The lowest BCUT2D eigenvalue weighted by Crippen LogP contribution is -2.42. The Hall–Kier alpha value is -2.07. The largest absolute Gasteiger partial charge is 0.472 e. The first-order chi connectivity index (χ1) is 9.74. The Morgan fingerprint density at radius 2 is 2.20 bits per heavy atom. The number of carbonyl (C=O) groups is 1. The minimum Gasteiger partial charge on any atom is -0.472 e. The van der Waals surface area contributed by atoms with E-state index in [9.17, 15) is 9.90 Å². The van der Waals surface area contributed by atoms with Gasteiger partial charge in [-0.3, -0.25) is 4.79 Å². The van der Waals surface area contributed by atoms with Crippen LogP contribution in [0.1, 0.15) is 23.2 Å². The molecule has 4 heteroatoms. The standard InChI is InChI=1S/C16H17NO3/c18-15-5-2-7-17(10-15)16(19)13-4-1-3-12(9-13)14-6-8-20-11-14/h1,3-4,6,8-9,11,15,18H,2,5,7,10H2. The minimum atomic E-state index is -0.398. The van der Waals surface area contributed by atoms with Gasteiger partial charge in [0.2, 0.25) is 0 Å². The first kappa shape index (κ1) is 12.9. The molecule has 0 saturated carbocycles.